The van der Waals surface area contributed by atoms with E-state index in [4.69, 9.17) is 9.57 Å². The van der Waals surface area contributed by atoms with Crippen molar-refractivity contribution in [3.63, 3.8) is 0 Å². The van der Waals surface area contributed by atoms with Gasteiger partial charge in [0.1, 0.15) is 0 Å². The van der Waals surface area contributed by atoms with E-state index in [9.17, 15) is 19.2 Å². The molecule has 1 aromatic heterocycles. The van der Waals surface area contributed by atoms with Crippen LogP contribution in [0.15, 0.2) is 34.7 Å². The molecule has 1 aliphatic heterocycles. The first-order valence-electron chi connectivity index (χ1n) is 9.03. The van der Waals surface area contributed by atoms with Crippen LogP contribution in [0, 0.1) is 0 Å². The van der Waals surface area contributed by atoms with Crippen LogP contribution in [0.1, 0.15) is 41.4 Å². The molecular weight excluding hydrogens is 412 g/mol. The maximum Gasteiger partial charge on any atom is 0.363 e. The standard InChI is InChI=1S/C19H18N4O6S/c1-2-28-17(26)9-14-11-30-19(21-14)22-20-10-12-4-3-5-13(8-12)18(27)29-23-15(24)6-7-16(23)25/h3-5,8,10-11H,2,6-7,9H2,1H3,(H,21,22). The van der Waals surface area contributed by atoms with Crippen molar-refractivity contribution in [1.82, 2.24) is 10.0 Å². The Morgan fingerprint density at radius 2 is 2.07 bits per heavy atom. The molecule has 10 nitrogen and oxygen atoms in total. The van der Waals surface area contributed by atoms with Crippen molar-refractivity contribution in [2.45, 2.75) is 26.2 Å². The Balaban J connectivity index is 1.57. The lowest BCUT2D eigenvalue weighted by Crippen LogP contribution is -2.32. The van der Waals surface area contributed by atoms with Gasteiger partial charge in [-0.25, -0.2) is 9.78 Å². The Kier molecular flexibility index (Phi) is 6.86. The predicted octanol–water partition coefficient (Wildman–Crippen LogP) is 1.92. The van der Waals surface area contributed by atoms with Gasteiger partial charge in [-0.1, -0.05) is 12.1 Å². The molecule has 1 aromatic carbocycles. The van der Waals surface area contributed by atoms with E-state index in [2.05, 4.69) is 15.5 Å². The number of hydroxylamine groups is 2. The van der Waals surface area contributed by atoms with Crippen LogP contribution in [0.5, 0.6) is 0 Å². The minimum Gasteiger partial charge on any atom is -0.466 e. The summed E-state index contributed by atoms with van der Waals surface area (Å²) in [5.41, 5.74) is 4.07. The predicted molar refractivity (Wildman–Crippen MR) is 107 cm³/mol. The summed E-state index contributed by atoms with van der Waals surface area (Å²) in [5.74, 6) is -2.24. The second-order valence-electron chi connectivity index (χ2n) is 6.08. The fraction of sp³-hybridized carbons (Fsp3) is 0.263. The van der Waals surface area contributed by atoms with Gasteiger partial charge in [0.25, 0.3) is 11.8 Å². The highest BCUT2D eigenvalue weighted by Gasteiger charge is 2.33. The van der Waals surface area contributed by atoms with E-state index in [1.54, 1.807) is 24.4 Å². The fourth-order valence-electron chi connectivity index (χ4n) is 2.50. The monoisotopic (exact) mass is 430 g/mol. The molecule has 0 saturated carbocycles. The van der Waals surface area contributed by atoms with Gasteiger partial charge in [-0.2, -0.15) is 5.10 Å². The van der Waals surface area contributed by atoms with Crippen LogP contribution in [0.4, 0.5) is 5.13 Å². The van der Waals surface area contributed by atoms with Crippen molar-refractivity contribution in [2.75, 3.05) is 12.0 Å². The van der Waals surface area contributed by atoms with Crippen LogP contribution in [0.3, 0.4) is 0 Å². The number of carbonyl (C=O) groups is 4. The lowest BCUT2D eigenvalue weighted by molar-refractivity contribution is -0.172. The number of hydrazone groups is 1. The lowest BCUT2D eigenvalue weighted by atomic mass is 10.1. The zero-order chi connectivity index (χ0) is 21.5. The summed E-state index contributed by atoms with van der Waals surface area (Å²) < 4.78 is 4.88. The first-order valence-corrected chi connectivity index (χ1v) is 9.91. The molecule has 0 bridgehead atoms. The first kappa shape index (κ1) is 21.1. The molecule has 1 saturated heterocycles. The lowest BCUT2D eigenvalue weighted by Gasteiger charge is -2.12. The van der Waals surface area contributed by atoms with Crippen molar-refractivity contribution in [2.24, 2.45) is 5.10 Å². The summed E-state index contributed by atoms with van der Waals surface area (Å²) in [7, 11) is 0. The summed E-state index contributed by atoms with van der Waals surface area (Å²) in [5, 5.41) is 6.78. The normalized spacial score (nSPS) is 13.7. The molecule has 0 aliphatic carbocycles. The zero-order valence-electron chi connectivity index (χ0n) is 16.0. The first-order chi connectivity index (χ1) is 14.5. The topological polar surface area (TPSA) is 127 Å². The van der Waals surface area contributed by atoms with Gasteiger partial charge < -0.3 is 9.57 Å². The number of nitrogens with one attached hydrogen (secondary N) is 1. The number of ether oxygens (including phenoxy) is 1. The van der Waals surface area contributed by atoms with Crippen molar-refractivity contribution < 1.29 is 28.8 Å². The van der Waals surface area contributed by atoms with E-state index in [-0.39, 0.29) is 30.8 Å². The summed E-state index contributed by atoms with van der Waals surface area (Å²) in [6.45, 7) is 2.05. The molecule has 30 heavy (non-hydrogen) atoms. The van der Waals surface area contributed by atoms with Crippen molar-refractivity contribution in [3.8, 4) is 0 Å². The molecule has 2 heterocycles. The third-order valence-corrected chi connectivity index (χ3v) is 4.65. The van der Waals surface area contributed by atoms with Gasteiger partial charge in [0.15, 0.2) is 0 Å². The Morgan fingerprint density at radius 3 is 2.80 bits per heavy atom. The minimum absolute atomic E-state index is 0.0305. The van der Waals surface area contributed by atoms with Crippen LogP contribution < -0.4 is 5.43 Å². The highest BCUT2D eigenvalue weighted by atomic mass is 32.1. The number of anilines is 1. The number of rotatable bonds is 8. The van der Waals surface area contributed by atoms with Gasteiger partial charge in [0.05, 0.1) is 30.5 Å². The van der Waals surface area contributed by atoms with Gasteiger partial charge in [-0.15, -0.1) is 16.4 Å². The van der Waals surface area contributed by atoms with E-state index < -0.39 is 17.8 Å². The van der Waals surface area contributed by atoms with Crippen LogP contribution in [0.2, 0.25) is 0 Å². The second-order valence-corrected chi connectivity index (χ2v) is 6.94. The number of amides is 2. The molecule has 1 fully saturated rings. The number of hydrogen-bond donors (Lipinski definition) is 1. The maximum atomic E-state index is 12.2. The van der Waals surface area contributed by atoms with Gasteiger partial charge in [0.2, 0.25) is 5.13 Å². The summed E-state index contributed by atoms with van der Waals surface area (Å²) >= 11 is 1.28. The van der Waals surface area contributed by atoms with Crippen LogP contribution in [0.25, 0.3) is 0 Å². The van der Waals surface area contributed by atoms with E-state index in [1.807, 2.05) is 0 Å². The number of hydrogen-bond acceptors (Lipinski definition) is 10. The molecule has 0 spiro atoms. The SMILES string of the molecule is CCOC(=O)Cc1csc(NN=Cc2cccc(C(=O)ON3C(=O)CCC3=O)c2)n1. The average molecular weight is 430 g/mol. The van der Waals surface area contributed by atoms with Gasteiger partial charge in [0, 0.05) is 18.2 Å². The molecule has 3 rings (SSSR count). The van der Waals surface area contributed by atoms with Crippen LogP contribution >= 0.6 is 11.3 Å². The minimum atomic E-state index is -0.815. The maximum absolute atomic E-state index is 12.2. The quantitative estimate of drug-likeness (QED) is 0.291. The molecule has 1 N–H and O–H groups in total. The third kappa shape index (κ3) is 5.47. The summed E-state index contributed by atoms with van der Waals surface area (Å²) in [4.78, 5) is 55.9. The molecule has 2 aromatic rings. The number of imide groups is 1. The Morgan fingerprint density at radius 1 is 1.30 bits per heavy atom. The summed E-state index contributed by atoms with van der Waals surface area (Å²) in [6, 6.07) is 6.34. The molecule has 0 unspecified atom stereocenters. The Hall–Kier alpha value is -3.60. The van der Waals surface area contributed by atoms with Gasteiger partial charge in [-0.05, 0) is 24.6 Å². The number of thiazole rings is 1. The molecule has 1 aliphatic rings. The third-order valence-electron chi connectivity index (χ3n) is 3.86. The number of nitrogens with zero attached hydrogens (tertiary/aromatic N) is 3. The van der Waals surface area contributed by atoms with E-state index in [0.717, 1.165) is 0 Å². The van der Waals surface area contributed by atoms with E-state index in [0.29, 0.717) is 28.1 Å². The zero-order valence-corrected chi connectivity index (χ0v) is 16.8. The number of esters is 1. The van der Waals surface area contributed by atoms with Crippen molar-refractivity contribution in [1.29, 1.82) is 0 Å². The highest BCUT2D eigenvalue weighted by molar-refractivity contribution is 7.13. The second kappa shape index (κ2) is 9.74. The summed E-state index contributed by atoms with van der Waals surface area (Å²) in [6.07, 6.45) is 1.61. The molecule has 156 valence electrons. The van der Waals surface area contributed by atoms with Crippen molar-refractivity contribution >= 4 is 46.4 Å². The van der Waals surface area contributed by atoms with E-state index in [1.165, 1.54) is 29.7 Å². The fourth-order valence-corrected chi connectivity index (χ4v) is 3.16. The highest BCUT2D eigenvalue weighted by Crippen LogP contribution is 2.17. The molecular formula is C19H18N4O6S. The van der Waals surface area contributed by atoms with Crippen LogP contribution in [-0.2, 0) is 30.4 Å². The smallest absolute Gasteiger partial charge is 0.363 e. The molecule has 0 atom stereocenters. The molecule has 2 amide bonds. The largest absolute Gasteiger partial charge is 0.466 e. The van der Waals surface area contributed by atoms with Crippen LogP contribution in [-0.4, -0.2) is 46.6 Å². The number of aromatic nitrogens is 1. The average Bonchev–Trinajstić information content (AvgIpc) is 3.29. The van der Waals surface area contributed by atoms with Gasteiger partial charge >= 0.3 is 11.9 Å². The Bertz CT molecular complexity index is 986. The van der Waals surface area contributed by atoms with E-state index >= 15 is 0 Å². The van der Waals surface area contributed by atoms with Gasteiger partial charge in [-0.3, -0.25) is 19.8 Å². The van der Waals surface area contributed by atoms with Crippen molar-refractivity contribution in [3.05, 3.63) is 46.5 Å². The number of benzene rings is 1. The Labute approximate surface area is 175 Å². The molecule has 11 heteroatoms. The molecule has 0 radical (unpaired) electrons. The number of carbonyl (C=O) groups excluding carboxylic acids is 4.